The molecule has 0 fully saturated rings. The number of carboxylic acids is 1. The molecule has 0 radical (unpaired) electrons. The van der Waals surface area contributed by atoms with E-state index in [0.29, 0.717) is 38.3 Å². The first-order valence-electron chi connectivity index (χ1n) is 7.49. The van der Waals surface area contributed by atoms with Crippen molar-refractivity contribution in [2.75, 3.05) is 0 Å². The first-order valence-corrected chi connectivity index (χ1v) is 8.25. The molecule has 1 heterocycles. The van der Waals surface area contributed by atoms with E-state index < -0.39 is 5.97 Å². The van der Waals surface area contributed by atoms with Crippen LogP contribution in [0.3, 0.4) is 0 Å². The largest absolute Gasteiger partial charge is 0.478 e. The fourth-order valence-electron chi connectivity index (χ4n) is 2.45. The molecular formula is C20H11Cl2NO3. The number of rotatable bonds is 4. The summed E-state index contributed by atoms with van der Waals surface area (Å²) < 4.78 is 5.72. The van der Waals surface area contributed by atoms with Gasteiger partial charge in [0.05, 0.1) is 27.3 Å². The third-order valence-corrected chi connectivity index (χ3v) is 4.43. The van der Waals surface area contributed by atoms with Crippen molar-refractivity contribution in [3.05, 3.63) is 81.5 Å². The van der Waals surface area contributed by atoms with Gasteiger partial charge in [-0.1, -0.05) is 47.5 Å². The lowest BCUT2D eigenvalue weighted by molar-refractivity contribution is 0.0697. The molecule has 4 nitrogen and oxygen atoms in total. The lowest BCUT2D eigenvalue weighted by Gasteiger charge is -2.03. The second kappa shape index (κ2) is 7.49. The van der Waals surface area contributed by atoms with Crippen LogP contribution in [0.4, 0.5) is 0 Å². The van der Waals surface area contributed by atoms with E-state index in [1.54, 1.807) is 54.6 Å². The summed E-state index contributed by atoms with van der Waals surface area (Å²) >= 11 is 11.9. The predicted octanol–water partition coefficient (Wildman–Crippen LogP) is 6.02. The van der Waals surface area contributed by atoms with E-state index in [-0.39, 0.29) is 5.56 Å². The highest BCUT2D eigenvalue weighted by molar-refractivity contribution is 6.42. The summed E-state index contributed by atoms with van der Waals surface area (Å²) in [7, 11) is 0. The number of hydrogen-bond donors (Lipinski definition) is 1. The SMILES string of the molecule is N#C/C(=C/c1ccc(-c2ccccc2C(=O)O)o1)c1ccc(Cl)c(Cl)c1. The molecule has 1 N–H and O–H groups in total. The Labute approximate surface area is 159 Å². The van der Waals surface area contributed by atoms with Crippen molar-refractivity contribution < 1.29 is 14.3 Å². The highest BCUT2D eigenvalue weighted by Crippen LogP contribution is 2.30. The second-order valence-corrected chi connectivity index (χ2v) is 6.17. The molecule has 0 aliphatic heterocycles. The Balaban J connectivity index is 1.99. The Kier molecular flexibility index (Phi) is 5.13. The summed E-state index contributed by atoms with van der Waals surface area (Å²) in [6, 6.07) is 16.9. The van der Waals surface area contributed by atoms with Gasteiger partial charge in [-0.15, -0.1) is 0 Å². The molecule has 0 aliphatic carbocycles. The van der Waals surface area contributed by atoms with Crippen LogP contribution in [0.2, 0.25) is 10.0 Å². The monoisotopic (exact) mass is 383 g/mol. The average molecular weight is 384 g/mol. The number of nitrogens with zero attached hydrogens (tertiary/aromatic N) is 1. The minimum atomic E-state index is -1.04. The Morgan fingerprint density at radius 2 is 1.85 bits per heavy atom. The lowest BCUT2D eigenvalue weighted by Crippen LogP contribution is -1.98. The molecule has 1 aromatic heterocycles. The van der Waals surface area contributed by atoms with Crippen LogP contribution in [0.15, 0.2) is 59.0 Å². The van der Waals surface area contributed by atoms with Gasteiger partial charge in [-0.05, 0) is 42.0 Å². The molecule has 2 aromatic carbocycles. The van der Waals surface area contributed by atoms with E-state index in [4.69, 9.17) is 27.6 Å². The Morgan fingerprint density at radius 1 is 1.08 bits per heavy atom. The first-order chi connectivity index (χ1) is 12.5. The fraction of sp³-hybridized carbons (Fsp3) is 0. The Morgan fingerprint density at radius 3 is 2.54 bits per heavy atom. The topological polar surface area (TPSA) is 74.2 Å². The maximum atomic E-state index is 11.4. The lowest BCUT2D eigenvalue weighted by atomic mass is 10.1. The van der Waals surface area contributed by atoms with Crippen molar-refractivity contribution in [1.29, 1.82) is 5.26 Å². The number of allylic oxidation sites excluding steroid dienone is 1. The zero-order valence-electron chi connectivity index (χ0n) is 13.2. The molecule has 0 amide bonds. The number of aromatic carboxylic acids is 1. The smallest absolute Gasteiger partial charge is 0.336 e. The van der Waals surface area contributed by atoms with Crippen LogP contribution in [0.25, 0.3) is 23.0 Å². The molecule has 0 atom stereocenters. The van der Waals surface area contributed by atoms with Gasteiger partial charge in [0.2, 0.25) is 0 Å². The van der Waals surface area contributed by atoms with E-state index in [1.807, 2.05) is 0 Å². The van der Waals surface area contributed by atoms with Gasteiger partial charge in [0.15, 0.2) is 0 Å². The molecule has 0 saturated carbocycles. The predicted molar refractivity (Wildman–Crippen MR) is 101 cm³/mol. The molecule has 0 unspecified atom stereocenters. The molecule has 26 heavy (non-hydrogen) atoms. The van der Waals surface area contributed by atoms with Crippen molar-refractivity contribution in [2.24, 2.45) is 0 Å². The summed E-state index contributed by atoms with van der Waals surface area (Å²) in [5.41, 5.74) is 1.55. The van der Waals surface area contributed by atoms with Gasteiger partial charge < -0.3 is 9.52 Å². The van der Waals surface area contributed by atoms with Crippen LogP contribution in [-0.2, 0) is 0 Å². The quantitative estimate of drug-likeness (QED) is 0.559. The summed E-state index contributed by atoms with van der Waals surface area (Å²) in [5, 5.41) is 19.5. The average Bonchev–Trinajstić information content (AvgIpc) is 3.10. The summed E-state index contributed by atoms with van der Waals surface area (Å²) in [6.07, 6.45) is 1.56. The van der Waals surface area contributed by atoms with Gasteiger partial charge in [-0.25, -0.2) is 4.79 Å². The first kappa shape index (κ1) is 17.8. The number of halogens is 2. The minimum Gasteiger partial charge on any atom is -0.478 e. The van der Waals surface area contributed by atoms with Crippen LogP contribution < -0.4 is 0 Å². The van der Waals surface area contributed by atoms with Crippen LogP contribution in [-0.4, -0.2) is 11.1 Å². The maximum Gasteiger partial charge on any atom is 0.336 e. The van der Waals surface area contributed by atoms with Gasteiger partial charge in [-0.3, -0.25) is 0 Å². The fourth-order valence-corrected chi connectivity index (χ4v) is 2.74. The van der Waals surface area contributed by atoms with E-state index in [1.165, 1.54) is 6.07 Å². The Bertz CT molecular complexity index is 1060. The number of carbonyl (C=O) groups is 1. The number of nitriles is 1. The molecule has 0 saturated heterocycles. The van der Waals surface area contributed by atoms with Crippen LogP contribution in [0.5, 0.6) is 0 Å². The molecule has 6 heteroatoms. The van der Waals surface area contributed by atoms with Crippen molar-refractivity contribution in [1.82, 2.24) is 0 Å². The summed E-state index contributed by atoms with van der Waals surface area (Å²) in [4.78, 5) is 11.4. The number of hydrogen-bond acceptors (Lipinski definition) is 3. The van der Waals surface area contributed by atoms with Crippen molar-refractivity contribution in [2.45, 2.75) is 0 Å². The van der Waals surface area contributed by atoms with E-state index >= 15 is 0 Å². The maximum absolute atomic E-state index is 11.4. The Hall–Kier alpha value is -3.00. The van der Waals surface area contributed by atoms with Crippen molar-refractivity contribution in [3.8, 4) is 17.4 Å². The van der Waals surface area contributed by atoms with Gasteiger partial charge in [0.1, 0.15) is 11.5 Å². The molecule has 3 rings (SSSR count). The van der Waals surface area contributed by atoms with E-state index in [2.05, 4.69) is 6.07 Å². The number of benzene rings is 2. The number of carboxylic acid groups (broad SMARTS) is 1. The summed E-state index contributed by atoms with van der Waals surface area (Å²) in [5.74, 6) is -0.217. The van der Waals surface area contributed by atoms with Gasteiger partial charge in [0, 0.05) is 5.56 Å². The normalized spacial score (nSPS) is 11.2. The second-order valence-electron chi connectivity index (χ2n) is 5.35. The van der Waals surface area contributed by atoms with E-state index in [0.717, 1.165) is 0 Å². The third-order valence-electron chi connectivity index (χ3n) is 3.69. The molecule has 128 valence electrons. The molecular weight excluding hydrogens is 373 g/mol. The molecule has 0 bridgehead atoms. The van der Waals surface area contributed by atoms with Crippen LogP contribution >= 0.6 is 23.2 Å². The third kappa shape index (κ3) is 3.65. The van der Waals surface area contributed by atoms with Crippen LogP contribution in [0, 0.1) is 11.3 Å². The van der Waals surface area contributed by atoms with Gasteiger partial charge >= 0.3 is 5.97 Å². The minimum absolute atomic E-state index is 0.141. The molecule has 3 aromatic rings. The molecule has 0 spiro atoms. The van der Waals surface area contributed by atoms with Crippen molar-refractivity contribution >= 4 is 40.8 Å². The van der Waals surface area contributed by atoms with Crippen molar-refractivity contribution in [3.63, 3.8) is 0 Å². The highest BCUT2D eigenvalue weighted by Gasteiger charge is 2.14. The summed E-state index contributed by atoms with van der Waals surface area (Å²) in [6.45, 7) is 0. The zero-order valence-corrected chi connectivity index (χ0v) is 14.8. The van der Waals surface area contributed by atoms with Gasteiger partial charge in [0.25, 0.3) is 0 Å². The van der Waals surface area contributed by atoms with E-state index in [9.17, 15) is 15.2 Å². The highest BCUT2D eigenvalue weighted by atomic mass is 35.5. The standard InChI is InChI=1S/C20H11Cl2NO3/c21-17-7-5-12(10-18(17)22)13(11-23)9-14-6-8-19(26-14)15-3-1-2-4-16(15)20(24)25/h1-10H,(H,24,25)/b13-9-. The molecule has 0 aliphatic rings. The number of furan rings is 1. The van der Waals surface area contributed by atoms with Crippen LogP contribution in [0.1, 0.15) is 21.7 Å². The zero-order chi connectivity index (χ0) is 18.7. The van der Waals surface area contributed by atoms with Gasteiger partial charge in [-0.2, -0.15) is 5.26 Å².